The monoisotopic (exact) mass is 1630 g/mol. The maximum atomic E-state index is 13.2. The van der Waals surface area contributed by atoms with Crippen LogP contribution in [0.1, 0.15) is 510 Å². The van der Waals surface area contributed by atoms with E-state index < -0.39 is 97.5 Å². The second kappa shape index (κ2) is 85.5. The molecule has 0 amide bonds. The third-order valence-corrected chi connectivity index (χ3v) is 23.9. The number of aliphatic hydroxyl groups is 1. The van der Waals surface area contributed by atoms with E-state index in [-0.39, 0.29) is 25.7 Å². The minimum Gasteiger partial charge on any atom is -0.462 e. The van der Waals surface area contributed by atoms with Gasteiger partial charge in [-0.15, -0.1) is 0 Å². The summed E-state index contributed by atoms with van der Waals surface area (Å²) < 4.78 is 69.1. The Balaban J connectivity index is 5.24. The van der Waals surface area contributed by atoms with Gasteiger partial charge >= 0.3 is 39.5 Å². The maximum absolute atomic E-state index is 13.2. The van der Waals surface area contributed by atoms with E-state index in [1.165, 1.54) is 334 Å². The zero-order valence-corrected chi connectivity index (χ0v) is 75.6. The van der Waals surface area contributed by atoms with E-state index in [0.717, 1.165) is 95.8 Å². The van der Waals surface area contributed by atoms with Crippen molar-refractivity contribution < 1.29 is 80.2 Å². The quantitative estimate of drug-likeness (QED) is 0.0222. The Morgan fingerprint density at radius 2 is 0.411 bits per heavy atom. The van der Waals surface area contributed by atoms with Crippen molar-refractivity contribution in [3.05, 3.63) is 0 Å². The van der Waals surface area contributed by atoms with Crippen LogP contribution in [-0.2, 0) is 65.4 Å². The molecule has 0 aliphatic heterocycles. The third-order valence-electron chi connectivity index (χ3n) is 22.0. The number of phosphoric acid groups is 2. The lowest BCUT2D eigenvalue weighted by Crippen LogP contribution is -2.30. The van der Waals surface area contributed by atoms with Gasteiger partial charge < -0.3 is 33.8 Å². The van der Waals surface area contributed by atoms with Gasteiger partial charge in [-0.3, -0.25) is 37.3 Å². The van der Waals surface area contributed by atoms with Crippen LogP contribution in [0, 0.1) is 5.92 Å². The smallest absolute Gasteiger partial charge is 0.462 e. The standard InChI is InChI=1S/C93H182O17P2/c1-6-9-12-15-18-21-24-27-30-33-36-38-39-41-44-47-50-53-58-64-69-74-78-92(97)109-88(82-103-90(95)76-71-66-61-56-51-48-45-43-40-37-34-31-28-25-22-19-16-13-10-7-2)84-107-111(99,100)105-80-87(94)81-106-112(101,102)108-85-89(83-104-91(96)77-72-67-62-59-54-55-60-65-70-75-86(4)5)110-93(98)79-73-68-63-57-52-49-46-42-35-32-29-26-23-20-17-14-11-8-3/h86-89,94H,6-85H2,1-5H3,(H,99,100)(H,101,102)/t87-,88-,89-/m1/s1. The van der Waals surface area contributed by atoms with Crippen LogP contribution >= 0.6 is 15.6 Å². The summed E-state index contributed by atoms with van der Waals surface area (Å²) in [5.74, 6) is -1.35. The molecule has 0 aromatic rings. The lowest BCUT2D eigenvalue weighted by molar-refractivity contribution is -0.161. The number of hydrogen-bond acceptors (Lipinski definition) is 15. The van der Waals surface area contributed by atoms with E-state index in [4.69, 9.17) is 37.0 Å². The molecule has 0 fully saturated rings. The van der Waals surface area contributed by atoms with Gasteiger partial charge in [-0.1, -0.05) is 458 Å². The van der Waals surface area contributed by atoms with Crippen LogP contribution in [0.25, 0.3) is 0 Å². The predicted molar refractivity (Wildman–Crippen MR) is 465 cm³/mol. The van der Waals surface area contributed by atoms with Crippen LogP contribution in [0.3, 0.4) is 0 Å². The molecule has 0 rings (SSSR count). The maximum Gasteiger partial charge on any atom is 0.472 e. The molecule has 0 saturated heterocycles. The van der Waals surface area contributed by atoms with E-state index in [1.54, 1.807) is 0 Å². The molecule has 3 N–H and O–H groups in total. The molecule has 0 saturated carbocycles. The summed E-state index contributed by atoms with van der Waals surface area (Å²) in [6, 6.07) is 0. The zero-order valence-electron chi connectivity index (χ0n) is 73.8. The lowest BCUT2D eigenvalue weighted by atomic mass is 10.0. The summed E-state index contributed by atoms with van der Waals surface area (Å²) in [6.07, 6.45) is 82.2. The fourth-order valence-electron chi connectivity index (χ4n) is 14.7. The first-order chi connectivity index (χ1) is 54.5. The molecule has 5 atom stereocenters. The molecule has 19 heteroatoms. The minimum absolute atomic E-state index is 0.109. The summed E-state index contributed by atoms with van der Waals surface area (Å²) in [5.41, 5.74) is 0. The zero-order chi connectivity index (χ0) is 81.8. The number of ether oxygens (including phenoxy) is 4. The fraction of sp³-hybridized carbons (Fsp3) is 0.957. The van der Waals surface area contributed by atoms with Crippen LogP contribution in [0.15, 0.2) is 0 Å². The molecule has 2 unspecified atom stereocenters. The van der Waals surface area contributed by atoms with Gasteiger partial charge in [-0.2, -0.15) is 0 Å². The Kier molecular flexibility index (Phi) is 84.0. The summed E-state index contributed by atoms with van der Waals surface area (Å²) in [5, 5.41) is 10.7. The SMILES string of the molecule is CCCCCCCCCCCCCCCCCCCCCCCCC(=O)O[C@H](COC(=O)CCCCCCCCCCCCCCCCCCCCCC)COP(=O)(O)OC[C@@H](O)COP(=O)(O)OC[C@@H](COC(=O)CCCCCCCCCCCC(C)C)OC(=O)CCCCCCCCCCCCCCCCCCCC. The number of carbonyl (C=O) groups is 4. The summed E-state index contributed by atoms with van der Waals surface area (Å²) in [7, 11) is -9.94. The molecule has 0 heterocycles. The Hall–Kier alpha value is -1.94. The van der Waals surface area contributed by atoms with Crippen LogP contribution in [0.4, 0.5) is 0 Å². The van der Waals surface area contributed by atoms with E-state index in [9.17, 15) is 43.2 Å². The van der Waals surface area contributed by atoms with Gasteiger partial charge in [0.1, 0.15) is 19.3 Å². The Morgan fingerprint density at radius 3 is 0.607 bits per heavy atom. The molecule has 0 radical (unpaired) electrons. The van der Waals surface area contributed by atoms with Crippen LogP contribution < -0.4 is 0 Å². The number of unbranched alkanes of at least 4 members (excludes halogenated alkanes) is 65. The highest BCUT2D eigenvalue weighted by Gasteiger charge is 2.31. The van der Waals surface area contributed by atoms with Gasteiger partial charge in [0.25, 0.3) is 0 Å². The fourth-order valence-corrected chi connectivity index (χ4v) is 16.3. The van der Waals surface area contributed by atoms with Gasteiger partial charge in [0.05, 0.1) is 26.4 Å². The normalized spacial score (nSPS) is 13.7. The van der Waals surface area contributed by atoms with Crippen molar-refractivity contribution >= 4 is 39.5 Å². The number of esters is 4. The first-order valence-corrected chi connectivity index (χ1v) is 51.1. The topological polar surface area (TPSA) is 237 Å². The van der Waals surface area contributed by atoms with E-state index in [0.29, 0.717) is 25.7 Å². The van der Waals surface area contributed by atoms with Gasteiger partial charge in [0.2, 0.25) is 0 Å². The number of carbonyl (C=O) groups excluding carboxylic acids is 4. The van der Waals surface area contributed by atoms with Gasteiger partial charge in [-0.25, -0.2) is 9.13 Å². The molecule has 112 heavy (non-hydrogen) atoms. The third kappa shape index (κ3) is 85.9. The largest absolute Gasteiger partial charge is 0.472 e. The number of phosphoric ester groups is 2. The van der Waals surface area contributed by atoms with Gasteiger partial charge in [0, 0.05) is 25.7 Å². The minimum atomic E-state index is -4.97. The molecule has 0 aromatic carbocycles. The molecular formula is C93H182O17P2. The molecule has 0 spiro atoms. The highest BCUT2D eigenvalue weighted by molar-refractivity contribution is 7.47. The average molecular weight is 1630 g/mol. The van der Waals surface area contributed by atoms with Gasteiger partial charge in [-0.05, 0) is 31.6 Å². The summed E-state index contributed by atoms with van der Waals surface area (Å²) >= 11 is 0. The Bertz CT molecular complexity index is 2120. The highest BCUT2D eigenvalue weighted by Crippen LogP contribution is 2.45. The van der Waals surface area contributed by atoms with Crippen molar-refractivity contribution in [3.63, 3.8) is 0 Å². The van der Waals surface area contributed by atoms with Crippen molar-refractivity contribution in [1.29, 1.82) is 0 Å². The molecule has 666 valence electrons. The van der Waals surface area contributed by atoms with E-state index >= 15 is 0 Å². The first-order valence-electron chi connectivity index (χ1n) is 48.1. The molecule has 0 aromatic heterocycles. The highest BCUT2D eigenvalue weighted by atomic mass is 31.2. The van der Waals surface area contributed by atoms with Crippen LogP contribution in [-0.4, -0.2) is 96.7 Å². The van der Waals surface area contributed by atoms with Crippen LogP contribution in [0.2, 0.25) is 0 Å². The second-order valence-electron chi connectivity index (χ2n) is 33.9. The molecule has 0 bridgehead atoms. The van der Waals surface area contributed by atoms with Crippen molar-refractivity contribution in [2.75, 3.05) is 39.6 Å². The van der Waals surface area contributed by atoms with Crippen molar-refractivity contribution in [2.24, 2.45) is 5.92 Å². The van der Waals surface area contributed by atoms with Crippen molar-refractivity contribution in [1.82, 2.24) is 0 Å². The molecule has 0 aliphatic rings. The van der Waals surface area contributed by atoms with Crippen molar-refractivity contribution in [2.45, 2.75) is 528 Å². The van der Waals surface area contributed by atoms with Crippen molar-refractivity contribution in [3.8, 4) is 0 Å². The first kappa shape index (κ1) is 110. The van der Waals surface area contributed by atoms with Gasteiger partial charge in [0.15, 0.2) is 12.2 Å². The molecule has 17 nitrogen and oxygen atoms in total. The second-order valence-corrected chi connectivity index (χ2v) is 36.8. The lowest BCUT2D eigenvalue weighted by Gasteiger charge is -2.21. The predicted octanol–water partition coefficient (Wildman–Crippen LogP) is 29.1. The number of hydrogen-bond donors (Lipinski definition) is 3. The van der Waals surface area contributed by atoms with Crippen LogP contribution in [0.5, 0.6) is 0 Å². The summed E-state index contributed by atoms with van der Waals surface area (Å²) in [6.45, 7) is 7.39. The molecular weight excluding hydrogens is 1450 g/mol. The number of rotatable bonds is 93. The number of aliphatic hydroxyl groups excluding tert-OH is 1. The van der Waals surface area contributed by atoms with E-state index in [1.807, 2.05) is 0 Å². The Morgan fingerprint density at radius 1 is 0.241 bits per heavy atom. The summed E-state index contributed by atoms with van der Waals surface area (Å²) in [4.78, 5) is 73.5. The van der Waals surface area contributed by atoms with E-state index in [2.05, 4.69) is 34.6 Å². The molecule has 0 aliphatic carbocycles. The average Bonchev–Trinajstić information content (AvgIpc) is 0.906. The Labute approximate surface area is 689 Å².